The van der Waals surface area contributed by atoms with Gasteiger partial charge in [-0.05, 0) is 24.6 Å². The predicted molar refractivity (Wildman–Crippen MR) is 65.4 cm³/mol. The molecule has 1 aliphatic rings. The van der Waals surface area contributed by atoms with Gasteiger partial charge in [0.2, 0.25) is 5.24 Å². The zero-order chi connectivity index (χ0) is 13.1. The Labute approximate surface area is 110 Å². The number of halogens is 1. The van der Waals surface area contributed by atoms with Gasteiger partial charge in [-0.25, -0.2) is 0 Å². The van der Waals surface area contributed by atoms with Crippen molar-refractivity contribution < 1.29 is 19.1 Å². The highest BCUT2D eigenvalue weighted by Gasteiger charge is 2.41. The molecule has 96 valence electrons. The fourth-order valence-electron chi connectivity index (χ4n) is 2.04. The van der Waals surface area contributed by atoms with Crippen molar-refractivity contribution in [2.45, 2.75) is 19.4 Å². The van der Waals surface area contributed by atoms with Gasteiger partial charge in [-0.15, -0.1) is 0 Å². The van der Waals surface area contributed by atoms with E-state index in [2.05, 4.69) is 0 Å². The molecule has 2 atom stereocenters. The van der Waals surface area contributed by atoms with E-state index < -0.39 is 23.2 Å². The minimum Gasteiger partial charge on any atom is -0.493 e. The highest BCUT2D eigenvalue weighted by molar-refractivity contribution is 6.64. The van der Waals surface area contributed by atoms with Gasteiger partial charge in [0.05, 0.1) is 18.9 Å². The first-order valence-electron chi connectivity index (χ1n) is 5.74. The number of carbonyl (C=O) groups is 2. The number of hydrogen-bond donors (Lipinski definition) is 0. The molecule has 0 aromatic heterocycles. The van der Waals surface area contributed by atoms with Crippen LogP contribution in [0.25, 0.3) is 0 Å². The molecule has 0 bridgehead atoms. The maximum atomic E-state index is 11.3. The molecular formula is C13H13ClO4. The monoisotopic (exact) mass is 268 g/mol. The number of carbonyl (C=O) groups excluding carboxylic acids is 2. The van der Waals surface area contributed by atoms with Crippen molar-refractivity contribution in [2.24, 2.45) is 5.92 Å². The van der Waals surface area contributed by atoms with Gasteiger partial charge in [0.1, 0.15) is 11.9 Å². The van der Waals surface area contributed by atoms with Gasteiger partial charge < -0.3 is 9.47 Å². The van der Waals surface area contributed by atoms with Crippen LogP contribution in [0, 0.1) is 5.92 Å². The van der Waals surface area contributed by atoms with Crippen LogP contribution in [0.2, 0.25) is 0 Å². The molecule has 2 rings (SSSR count). The summed E-state index contributed by atoms with van der Waals surface area (Å²) in [5, 5.41) is -0.558. The summed E-state index contributed by atoms with van der Waals surface area (Å²) in [6, 6.07) is 7.18. The average Bonchev–Trinajstić information content (AvgIpc) is 2.72. The summed E-state index contributed by atoms with van der Waals surface area (Å²) in [6.07, 6.45) is -0.627. The third kappa shape index (κ3) is 2.48. The number of ether oxygens (including phenoxy) is 2. The van der Waals surface area contributed by atoms with Crippen molar-refractivity contribution in [3.63, 3.8) is 0 Å². The van der Waals surface area contributed by atoms with Crippen LogP contribution in [0.1, 0.15) is 25.0 Å². The fraction of sp³-hybridized carbons (Fsp3) is 0.385. The van der Waals surface area contributed by atoms with Gasteiger partial charge in [0.15, 0.2) is 0 Å². The van der Waals surface area contributed by atoms with E-state index in [1.165, 1.54) is 0 Å². The highest BCUT2D eigenvalue weighted by atomic mass is 35.5. The molecule has 1 aliphatic heterocycles. The third-order valence-electron chi connectivity index (χ3n) is 2.83. The maximum Gasteiger partial charge on any atom is 0.307 e. The van der Waals surface area contributed by atoms with Crippen LogP contribution in [0.5, 0.6) is 5.75 Å². The Morgan fingerprint density at radius 1 is 1.50 bits per heavy atom. The van der Waals surface area contributed by atoms with E-state index in [0.29, 0.717) is 17.9 Å². The number of para-hydroxylation sites is 1. The van der Waals surface area contributed by atoms with Crippen LogP contribution in [0.15, 0.2) is 24.3 Å². The summed E-state index contributed by atoms with van der Waals surface area (Å²) in [4.78, 5) is 22.7. The number of esters is 1. The Bertz CT molecular complexity index is 472. The lowest BCUT2D eigenvalue weighted by Gasteiger charge is -2.18. The van der Waals surface area contributed by atoms with Crippen molar-refractivity contribution in [1.82, 2.24) is 0 Å². The number of rotatable bonds is 4. The second-order valence-corrected chi connectivity index (χ2v) is 4.37. The van der Waals surface area contributed by atoms with Crippen LogP contribution in [-0.2, 0) is 14.3 Å². The Balaban J connectivity index is 2.35. The SMILES string of the molecule is CCOc1ccccc1C1OC(=O)CC1C(=O)Cl. The van der Waals surface area contributed by atoms with Crippen molar-refractivity contribution >= 4 is 22.8 Å². The molecule has 1 aromatic rings. The smallest absolute Gasteiger partial charge is 0.307 e. The molecule has 2 unspecified atom stereocenters. The summed E-state index contributed by atoms with van der Waals surface area (Å²) in [6.45, 7) is 2.36. The molecule has 0 radical (unpaired) electrons. The zero-order valence-corrected chi connectivity index (χ0v) is 10.6. The van der Waals surface area contributed by atoms with E-state index >= 15 is 0 Å². The van der Waals surface area contributed by atoms with Crippen molar-refractivity contribution in [3.8, 4) is 5.75 Å². The molecule has 0 amide bonds. The second kappa shape index (κ2) is 5.40. The summed E-state index contributed by atoms with van der Waals surface area (Å²) in [7, 11) is 0. The molecule has 0 aliphatic carbocycles. The molecule has 5 heteroatoms. The first-order valence-corrected chi connectivity index (χ1v) is 6.11. The zero-order valence-electron chi connectivity index (χ0n) is 9.89. The number of cyclic esters (lactones) is 1. The molecule has 0 saturated carbocycles. The lowest BCUT2D eigenvalue weighted by molar-refractivity contribution is -0.141. The van der Waals surface area contributed by atoms with E-state index in [1.54, 1.807) is 18.2 Å². The van der Waals surface area contributed by atoms with Gasteiger partial charge in [0, 0.05) is 5.56 Å². The van der Waals surface area contributed by atoms with Crippen LogP contribution in [-0.4, -0.2) is 17.8 Å². The van der Waals surface area contributed by atoms with Crippen molar-refractivity contribution in [3.05, 3.63) is 29.8 Å². The molecular weight excluding hydrogens is 256 g/mol. The molecule has 18 heavy (non-hydrogen) atoms. The molecule has 1 aromatic carbocycles. The normalized spacial score (nSPS) is 22.7. The molecule has 4 nitrogen and oxygen atoms in total. The van der Waals surface area contributed by atoms with Gasteiger partial charge in [-0.3, -0.25) is 9.59 Å². The van der Waals surface area contributed by atoms with Crippen LogP contribution < -0.4 is 4.74 Å². The molecule has 1 saturated heterocycles. The average molecular weight is 269 g/mol. The van der Waals surface area contributed by atoms with Gasteiger partial charge in [-0.1, -0.05) is 18.2 Å². The Hall–Kier alpha value is -1.55. The quantitative estimate of drug-likeness (QED) is 0.622. The minimum atomic E-state index is -0.648. The second-order valence-electron chi connectivity index (χ2n) is 4.00. The van der Waals surface area contributed by atoms with Gasteiger partial charge in [0.25, 0.3) is 0 Å². The third-order valence-corrected chi connectivity index (χ3v) is 3.11. The fourth-order valence-corrected chi connectivity index (χ4v) is 2.23. The summed E-state index contributed by atoms with van der Waals surface area (Å²) >= 11 is 5.51. The maximum absolute atomic E-state index is 11.3. The Kier molecular flexibility index (Phi) is 3.87. The van der Waals surface area contributed by atoms with E-state index in [-0.39, 0.29) is 6.42 Å². The summed E-state index contributed by atoms with van der Waals surface area (Å²) < 4.78 is 10.7. The first kappa shape index (κ1) is 12.9. The predicted octanol–water partition coefficient (Wildman–Crippen LogP) is 2.45. The van der Waals surface area contributed by atoms with E-state index in [0.717, 1.165) is 0 Å². The Morgan fingerprint density at radius 3 is 2.89 bits per heavy atom. The summed E-state index contributed by atoms with van der Waals surface area (Å²) in [5.41, 5.74) is 0.684. The van der Waals surface area contributed by atoms with E-state index in [1.807, 2.05) is 13.0 Å². The standard InChI is InChI=1S/C13H13ClO4/c1-2-17-10-6-4-3-5-8(10)12-9(13(14)16)7-11(15)18-12/h3-6,9,12H,2,7H2,1H3. The highest BCUT2D eigenvalue weighted by Crippen LogP contribution is 2.40. The molecule has 0 spiro atoms. The first-order chi connectivity index (χ1) is 8.63. The van der Waals surface area contributed by atoms with E-state index in [9.17, 15) is 9.59 Å². The molecule has 0 N–H and O–H groups in total. The molecule has 1 fully saturated rings. The van der Waals surface area contributed by atoms with Crippen LogP contribution >= 0.6 is 11.6 Å². The molecule has 1 heterocycles. The van der Waals surface area contributed by atoms with Crippen molar-refractivity contribution in [1.29, 1.82) is 0 Å². The van der Waals surface area contributed by atoms with Gasteiger partial charge >= 0.3 is 5.97 Å². The minimum absolute atomic E-state index is 0.0213. The topological polar surface area (TPSA) is 52.6 Å². The van der Waals surface area contributed by atoms with Crippen molar-refractivity contribution in [2.75, 3.05) is 6.61 Å². The van der Waals surface area contributed by atoms with E-state index in [4.69, 9.17) is 21.1 Å². The van der Waals surface area contributed by atoms with Crippen LogP contribution in [0.3, 0.4) is 0 Å². The number of benzene rings is 1. The number of hydrogen-bond acceptors (Lipinski definition) is 4. The Morgan fingerprint density at radius 2 is 2.22 bits per heavy atom. The van der Waals surface area contributed by atoms with Crippen LogP contribution in [0.4, 0.5) is 0 Å². The largest absolute Gasteiger partial charge is 0.493 e. The lowest BCUT2D eigenvalue weighted by Crippen LogP contribution is -2.14. The van der Waals surface area contributed by atoms with Gasteiger partial charge in [-0.2, -0.15) is 0 Å². The summed E-state index contributed by atoms with van der Waals surface area (Å²) in [5.74, 6) is -0.436. The lowest BCUT2D eigenvalue weighted by atomic mass is 9.96.